The van der Waals surface area contributed by atoms with Gasteiger partial charge in [0.1, 0.15) is 17.3 Å². The Hall–Kier alpha value is -2.89. The number of nitrogens with zero attached hydrogens (tertiary/aromatic N) is 2. The van der Waals surface area contributed by atoms with Crippen LogP contribution < -0.4 is 11.1 Å². The number of hydrogen-bond acceptors (Lipinski definition) is 6. The quantitative estimate of drug-likeness (QED) is 0.399. The third-order valence-corrected chi connectivity index (χ3v) is 3.55. The number of nitrogens with two attached hydrogens (primary N) is 1. The Kier molecular flexibility index (Phi) is 8.28. The zero-order valence-corrected chi connectivity index (χ0v) is 16.2. The van der Waals surface area contributed by atoms with Crippen LogP contribution in [0.25, 0.3) is 0 Å². The second kappa shape index (κ2) is 10.2. The number of ketones is 1. The number of ether oxygens (including phenoxy) is 1. The van der Waals surface area contributed by atoms with Gasteiger partial charge in [0.15, 0.2) is 0 Å². The Morgan fingerprint density at radius 2 is 2.00 bits per heavy atom. The molecule has 0 unspecified atom stereocenters. The lowest BCUT2D eigenvalue weighted by Gasteiger charge is -2.12. The molecular formula is C20H28N4O2. The third kappa shape index (κ3) is 6.20. The maximum absolute atomic E-state index is 12.8. The highest BCUT2D eigenvalue weighted by Gasteiger charge is 2.15. The van der Waals surface area contributed by atoms with Gasteiger partial charge >= 0.3 is 0 Å². The average Bonchev–Trinajstić information content (AvgIpc) is 2.59. The van der Waals surface area contributed by atoms with E-state index < -0.39 is 0 Å². The van der Waals surface area contributed by atoms with Crippen LogP contribution in [-0.2, 0) is 16.0 Å². The van der Waals surface area contributed by atoms with E-state index in [4.69, 9.17) is 10.5 Å². The molecule has 0 saturated carbocycles. The fourth-order valence-electron chi connectivity index (χ4n) is 2.16. The lowest BCUT2D eigenvalue weighted by molar-refractivity contribution is -0.112. The van der Waals surface area contributed by atoms with E-state index in [0.29, 0.717) is 22.8 Å². The first-order valence-corrected chi connectivity index (χ1v) is 8.47. The minimum Gasteiger partial charge on any atom is -0.497 e. The van der Waals surface area contributed by atoms with Crippen molar-refractivity contribution in [2.45, 2.75) is 40.5 Å². The molecule has 1 aromatic rings. The lowest BCUT2D eigenvalue weighted by Crippen LogP contribution is -2.18. The summed E-state index contributed by atoms with van der Waals surface area (Å²) in [6.07, 6.45) is 8.46. The van der Waals surface area contributed by atoms with Gasteiger partial charge < -0.3 is 15.8 Å². The molecule has 6 heteroatoms. The predicted molar refractivity (Wildman–Crippen MR) is 105 cm³/mol. The molecule has 1 heterocycles. The fourth-order valence-corrected chi connectivity index (χ4v) is 2.16. The fraction of sp³-hybridized carbons (Fsp3) is 0.350. The zero-order valence-electron chi connectivity index (χ0n) is 16.2. The summed E-state index contributed by atoms with van der Waals surface area (Å²) < 4.78 is 5.22. The molecule has 0 bridgehead atoms. The van der Waals surface area contributed by atoms with Crippen molar-refractivity contribution in [3.05, 3.63) is 65.1 Å². The first kappa shape index (κ1) is 21.2. The number of hydrogen-bond donors (Lipinski definition) is 2. The largest absolute Gasteiger partial charge is 0.497 e. The summed E-state index contributed by atoms with van der Waals surface area (Å²) in [5.74, 6) is 0.881. The summed E-state index contributed by atoms with van der Waals surface area (Å²) in [4.78, 5) is 21.4. The number of allylic oxidation sites excluding steroid dienone is 5. The van der Waals surface area contributed by atoms with E-state index in [2.05, 4.69) is 28.8 Å². The second-order valence-electron chi connectivity index (χ2n) is 6.02. The van der Waals surface area contributed by atoms with Gasteiger partial charge in [0, 0.05) is 11.9 Å². The summed E-state index contributed by atoms with van der Waals surface area (Å²) in [6, 6.07) is 0. The topological polar surface area (TPSA) is 90.1 Å². The summed E-state index contributed by atoms with van der Waals surface area (Å²) in [5, 5.41) is 3.00. The monoisotopic (exact) mass is 356 g/mol. The molecule has 0 amide bonds. The predicted octanol–water partition coefficient (Wildman–Crippen LogP) is 3.65. The Balaban J connectivity index is 3.07. The molecule has 3 N–H and O–H groups in total. The van der Waals surface area contributed by atoms with E-state index >= 15 is 0 Å². The first-order valence-electron chi connectivity index (χ1n) is 8.47. The van der Waals surface area contributed by atoms with Gasteiger partial charge in [0.05, 0.1) is 19.0 Å². The highest BCUT2D eigenvalue weighted by Crippen LogP contribution is 2.15. The number of carbonyl (C=O) groups excluding carboxylic acids is 1. The van der Waals surface area contributed by atoms with Crippen molar-refractivity contribution < 1.29 is 9.53 Å². The van der Waals surface area contributed by atoms with Crippen molar-refractivity contribution in [2.24, 2.45) is 5.73 Å². The summed E-state index contributed by atoms with van der Waals surface area (Å²) in [5.41, 5.74) is 8.72. The van der Waals surface area contributed by atoms with E-state index in [-0.39, 0.29) is 11.5 Å². The van der Waals surface area contributed by atoms with Gasteiger partial charge in [-0.05, 0) is 44.4 Å². The van der Waals surface area contributed by atoms with Gasteiger partial charge in [-0.15, -0.1) is 0 Å². The maximum Gasteiger partial charge on any atom is 0.206 e. The molecule has 0 atom stereocenters. The molecule has 0 saturated heterocycles. The Bertz CT molecular complexity index is 757. The van der Waals surface area contributed by atoms with Crippen molar-refractivity contribution in [1.29, 1.82) is 0 Å². The number of aromatic nitrogens is 2. The van der Waals surface area contributed by atoms with Crippen molar-refractivity contribution in [3.8, 4) is 0 Å². The van der Waals surface area contributed by atoms with Crippen LogP contribution in [0.2, 0.25) is 0 Å². The molecule has 0 aliphatic carbocycles. The van der Waals surface area contributed by atoms with Crippen LogP contribution in [0.4, 0.5) is 5.82 Å². The smallest absolute Gasteiger partial charge is 0.206 e. The molecule has 0 aliphatic rings. The molecular weight excluding hydrogens is 328 g/mol. The molecule has 140 valence electrons. The maximum atomic E-state index is 12.8. The van der Waals surface area contributed by atoms with Gasteiger partial charge in [-0.2, -0.15) is 0 Å². The van der Waals surface area contributed by atoms with E-state index in [1.54, 1.807) is 45.5 Å². The molecule has 1 aromatic heterocycles. The van der Waals surface area contributed by atoms with Crippen molar-refractivity contribution in [3.63, 3.8) is 0 Å². The molecule has 6 nitrogen and oxygen atoms in total. The van der Waals surface area contributed by atoms with Gasteiger partial charge in [-0.25, -0.2) is 4.98 Å². The number of methoxy groups -OCH3 is 1. The van der Waals surface area contributed by atoms with E-state index in [9.17, 15) is 4.79 Å². The first-order chi connectivity index (χ1) is 12.3. The highest BCUT2D eigenvalue weighted by atomic mass is 16.5. The van der Waals surface area contributed by atoms with E-state index in [1.807, 2.05) is 6.92 Å². The molecule has 0 spiro atoms. The van der Waals surface area contributed by atoms with Crippen LogP contribution >= 0.6 is 0 Å². The van der Waals surface area contributed by atoms with Crippen LogP contribution in [0.5, 0.6) is 0 Å². The minimum absolute atomic E-state index is 0.221. The van der Waals surface area contributed by atoms with E-state index in [0.717, 1.165) is 24.1 Å². The number of rotatable bonds is 9. The number of anilines is 1. The normalized spacial score (nSPS) is 13.1. The Labute approximate surface area is 155 Å². The number of Topliss-reactive ketones (excluding diaryl/α,β-unsaturated/α-hetero) is 1. The Morgan fingerprint density at radius 1 is 1.31 bits per heavy atom. The highest BCUT2D eigenvalue weighted by molar-refractivity contribution is 6.10. The summed E-state index contributed by atoms with van der Waals surface area (Å²) >= 11 is 0. The van der Waals surface area contributed by atoms with Crippen LogP contribution in [0.3, 0.4) is 0 Å². The van der Waals surface area contributed by atoms with Crippen LogP contribution in [0.1, 0.15) is 39.8 Å². The van der Waals surface area contributed by atoms with E-state index in [1.165, 1.54) is 0 Å². The van der Waals surface area contributed by atoms with Crippen molar-refractivity contribution >= 4 is 11.6 Å². The number of aryl methyl sites for hydroxylation is 1. The standard InChI is InChI=1S/C20H28N4O2/c1-7-8-16-11-22-12-18(23-16)24-19(15(5)21)20(25)14(4)9-10-17(26-6)13(2)3/h9-12H,2,7-8,21H2,1,3-6H3,(H,23,24)/b14-9+,17-10+,19-15+. The average molecular weight is 356 g/mol. The molecule has 0 aromatic carbocycles. The van der Waals surface area contributed by atoms with Gasteiger partial charge in [0.25, 0.3) is 0 Å². The van der Waals surface area contributed by atoms with Gasteiger partial charge in [-0.1, -0.05) is 26.0 Å². The van der Waals surface area contributed by atoms with Crippen LogP contribution in [-0.4, -0.2) is 22.9 Å². The number of nitrogens with one attached hydrogen (secondary N) is 1. The van der Waals surface area contributed by atoms with Gasteiger partial charge in [-0.3, -0.25) is 9.78 Å². The van der Waals surface area contributed by atoms with Crippen LogP contribution in [0, 0.1) is 0 Å². The molecule has 0 fully saturated rings. The zero-order chi connectivity index (χ0) is 19.7. The molecule has 0 radical (unpaired) electrons. The second-order valence-corrected chi connectivity index (χ2v) is 6.02. The third-order valence-electron chi connectivity index (χ3n) is 3.55. The Morgan fingerprint density at radius 3 is 2.54 bits per heavy atom. The number of carbonyl (C=O) groups is 1. The van der Waals surface area contributed by atoms with Crippen molar-refractivity contribution in [2.75, 3.05) is 12.4 Å². The molecule has 26 heavy (non-hydrogen) atoms. The summed E-state index contributed by atoms with van der Waals surface area (Å²) in [6.45, 7) is 11.1. The summed E-state index contributed by atoms with van der Waals surface area (Å²) in [7, 11) is 1.56. The van der Waals surface area contributed by atoms with Crippen molar-refractivity contribution in [1.82, 2.24) is 9.97 Å². The van der Waals surface area contributed by atoms with Gasteiger partial charge in [0.2, 0.25) is 5.78 Å². The minimum atomic E-state index is -0.221. The lowest BCUT2D eigenvalue weighted by atomic mass is 10.1. The molecule has 1 rings (SSSR count). The van der Waals surface area contributed by atoms with Crippen LogP contribution in [0.15, 0.2) is 59.4 Å². The SMILES string of the molecule is C=C(C)/C(=C\C=C(/C)C(=O)/C(Nc1cncc(CCC)n1)=C(/C)N)OC. The molecule has 0 aliphatic heterocycles.